The van der Waals surface area contributed by atoms with Gasteiger partial charge in [0.1, 0.15) is 36.3 Å². The molecule has 1 aliphatic rings. The van der Waals surface area contributed by atoms with Gasteiger partial charge in [-0.3, -0.25) is 19.9 Å². The highest BCUT2D eigenvalue weighted by Crippen LogP contribution is 2.37. The van der Waals surface area contributed by atoms with E-state index in [-0.39, 0.29) is 31.7 Å². The molecule has 294 valence electrons. The normalized spacial score (nSPS) is 14.7. The molecule has 11 nitrogen and oxygen atoms in total. The lowest BCUT2D eigenvalue weighted by Gasteiger charge is -2.25. The van der Waals surface area contributed by atoms with Crippen molar-refractivity contribution in [3.05, 3.63) is 135 Å². The largest absolute Gasteiger partial charge is 0.488 e. The number of nitrogens with zero attached hydrogens (tertiary/aromatic N) is 2. The molecule has 0 saturated carbocycles. The van der Waals surface area contributed by atoms with Crippen LogP contribution < -0.4 is 25.4 Å². The van der Waals surface area contributed by atoms with E-state index in [9.17, 15) is 25.1 Å². The van der Waals surface area contributed by atoms with Crippen LogP contribution in [0, 0.1) is 25.2 Å². The van der Waals surface area contributed by atoms with E-state index in [1.165, 1.54) is 18.7 Å². The number of amides is 1. The highest BCUT2D eigenvalue weighted by Gasteiger charge is 2.32. The van der Waals surface area contributed by atoms with E-state index >= 15 is 0 Å². The van der Waals surface area contributed by atoms with Crippen LogP contribution >= 0.6 is 11.6 Å². The van der Waals surface area contributed by atoms with Crippen LogP contribution in [-0.2, 0) is 35.9 Å². The molecule has 4 aromatic carbocycles. The highest BCUT2D eigenvalue weighted by atomic mass is 35.5. The second-order valence-corrected chi connectivity index (χ2v) is 14.9. The van der Waals surface area contributed by atoms with Gasteiger partial charge in [0.2, 0.25) is 5.91 Å². The van der Waals surface area contributed by atoms with Crippen LogP contribution in [0.5, 0.6) is 11.5 Å². The summed E-state index contributed by atoms with van der Waals surface area (Å²) in [6, 6.07) is 28.3. The second kappa shape index (κ2) is 18.4. The fraction of sp³-hybridized carbons (Fsp3) is 0.289. The summed E-state index contributed by atoms with van der Waals surface area (Å²) in [6.45, 7) is 6.79. The molecule has 2 atom stereocenters. The van der Waals surface area contributed by atoms with Crippen molar-refractivity contribution in [2.45, 2.75) is 71.5 Å². The van der Waals surface area contributed by atoms with Crippen molar-refractivity contribution in [1.29, 1.82) is 5.26 Å². The first-order chi connectivity index (χ1) is 27.5. The number of benzene rings is 4. The molecule has 1 aliphatic heterocycles. The smallest absolute Gasteiger partial charge is 0.326 e. The van der Waals surface area contributed by atoms with Gasteiger partial charge < -0.3 is 30.3 Å². The molecule has 0 bridgehead atoms. The van der Waals surface area contributed by atoms with Crippen molar-refractivity contribution < 1.29 is 29.3 Å². The molecular weight excluding hydrogens is 742 g/mol. The van der Waals surface area contributed by atoms with Crippen molar-refractivity contribution in [2.75, 3.05) is 13.2 Å². The standard InChI is InChI=1S/C45H46ClN5O6/c1-28-34(6-4-8-38(28)39-9-5-7-37(29(39)2)33-12-10-30(11-13-33)20-49-24-36-14-15-43(53)51-36)26-57-42-18-41(56-25-32-16-31(19-47)21-48-22-32)35(17-40(42)46)23-50-45(3,27-52)44(54)55/h4-13,16-18,21-22,36,49-50,52H,14-15,20,23-27H2,1-3H3,(H,51,53)(H,54,55). The number of carbonyl (C=O) groups excluding carboxylic acids is 1. The van der Waals surface area contributed by atoms with E-state index < -0.39 is 18.1 Å². The number of aromatic nitrogens is 1. The summed E-state index contributed by atoms with van der Waals surface area (Å²) >= 11 is 6.76. The summed E-state index contributed by atoms with van der Waals surface area (Å²) in [5.74, 6) is -0.323. The van der Waals surface area contributed by atoms with Gasteiger partial charge in [-0.1, -0.05) is 72.3 Å². The highest BCUT2D eigenvalue weighted by molar-refractivity contribution is 6.32. The fourth-order valence-corrected chi connectivity index (χ4v) is 7.03. The van der Waals surface area contributed by atoms with E-state index in [0.717, 1.165) is 58.5 Å². The van der Waals surface area contributed by atoms with Gasteiger partial charge >= 0.3 is 5.97 Å². The maximum Gasteiger partial charge on any atom is 0.326 e. The van der Waals surface area contributed by atoms with E-state index in [0.29, 0.717) is 39.6 Å². The minimum Gasteiger partial charge on any atom is -0.488 e. The third-order valence-electron chi connectivity index (χ3n) is 10.4. The summed E-state index contributed by atoms with van der Waals surface area (Å²) in [6.07, 6.45) is 4.54. The van der Waals surface area contributed by atoms with Crippen LogP contribution in [0.1, 0.15) is 58.7 Å². The number of hydrogen-bond acceptors (Lipinski definition) is 9. The molecule has 0 spiro atoms. The quantitative estimate of drug-likeness (QED) is 0.0662. The van der Waals surface area contributed by atoms with Crippen molar-refractivity contribution >= 4 is 23.5 Å². The molecule has 1 aromatic heterocycles. The fourth-order valence-electron chi connectivity index (χ4n) is 6.79. The Bertz CT molecular complexity index is 2290. The number of carboxylic acids is 1. The summed E-state index contributed by atoms with van der Waals surface area (Å²) in [5, 5.41) is 38.4. The van der Waals surface area contributed by atoms with Crippen LogP contribution in [-0.4, -0.2) is 51.8 Å². The number of aliphatic hydroxyl groups is 1. The third-order valence-corrected chi connectivity index (χ3v) is 10.7. The topological polar surface area (TPSA) is 166 Å². The number of nitrogens with one attached hydrogen (secondary N) is 3. The Morgan fingerprint density at radius 1 is 0.930 bits per heavy atom. The van der Waals surface area contributed by atoms with Gasteiger partial charge in [0.05, 0.1) is 17.2 Å². The molecule has 1 fully saturated rings. The molecule has 57 heavy (non-hydrogen) atoms. The molecule has 2 heterocycles. The number of carboxylic acid groups (broad SMARTS) is 1. The van der Waals surface area contributed by atoms with Gasteiger partial charge in [0.15, 0.2) is 0 Å². The van der Waals surface area contributed by atoms with Crippen molar-refractivity contribution in [3.63, 3.8) is 0 Å². The molecule has 5 N–H and O–H groups in total. The Balaban J connectivity index is 1.19. The molecule has 6 rings (SSSR count). The van der Waals surface area contributed by atoms with Gasteiger partial charge in [0, 0.05) is 61.7 Å². The third kappa shape index (κ3) is 9.97. The van der Waals surface area contributed by atoms with E-state index in [1.54, 1.807) is 24.4 Å². The molecule has 0 aliphatic carbocycles. The number of ether oxygens (including phenoxy) is 2. The van der Waals surface area contributed by atoms with Crippen molar-refractivity contribution in [2.24, 2.45) is 0 Å². The number of nitriles is 1. The van der Waals surface area contributed by atoms with Gasteiger partial charge in [-0.25, -0.2) is 0 Å². The van der Waals surface area contributed by atoms with E-state index in [2.05, 4.69) is 89.4 Å². The first kappa shape index (κ1) is 40.9. The van der Waals surface area contributed by atoms with Crippen LogP contribution in [0.25, 0.3) is 22.3 Å². The molecule has 1 saturated heterocycles. The average molecular weight is 788 g/mol. The summed E-state index contributed by atoms with van der Waals surface area (Å²) < 4.78 is 12.5. The number of hydrogen-bond donors (Lipinski definition) is 5. The van der Waals surface area contributed by atoms with Crippen molar-refractivity contribution in [1.82, 2.24) is 20.9 Å². The zero-order valence-electron chi connectivity index (χ0n) is 32.2. The Labute approximate surface area is 337 Å². The SMILES string of the molecule is Cc1c(COc2cc(OCc3cncc(C#N)c3)c(CNC(C)(CO)C(=O)O)cc2Cl)cccc1-c1cccc(-c2ccc(CNCC3CCC(=O)N3)cc2)c1C. The Morgan fingerprint density at radius 3 is 2.35 bits per heavy atom. The first-order valence-corrected chi connectivity index (χ1v) is 19.1. The summed E-state index contributed by atoms with van der Waals surface area (Å²) in [7, 11) is 0. The average Bonchev–Trinajstić information content (AvgIpc) is 3.64. The maximum atomic E-state index is 11.8. The van der Waals surface area contributed by atoms with Gasteiger partial charge in [0.25, 0.3) is 0 Å². The lowest BCUT2D eigenvalue weighted by molar-refractivity contribution is -0.146. The lowest BCUT2D eigenvalue weighted by atomic mass is 9.89. The van der Waals surface area contributed by atoms with Crippen LogP contribution in [0.2, 0.25) is 5.02 Å². The number of halogens is 1. The predicted molar refractivity (Wildman–Crippen MR) is 219 cm³/mol. The minimum atomic E-state index is -1.59. The monoisotopic (exact) mass is 787 g/mol. The van der Waals surface area contributed by atoms with Crippen LogP contribution in [0.15, 0.2) is 91.3 Å². The number of aliphatic carboxylic acids is 1. The minimum absolute atomic E-state index is 0.0262. The molecule has 5 aromatic rings. The van der Waals surface area contributed by atoms with Gasteiger partial charge in [-0.2, -0.15) is 5.26 Å². The van der Waals surface area contributed by atoms with Crippen LogP contribution in [0.3, 0.4) is 0 Å². The zero-order valence-corrected chi connectivity index (χ0v) is 33.0. The Morgan fingerprint density at radius 2 is 1.65 bits per heavy atom. The molecule has 12 heteroatoms. The van der Waals surface area contributed by atoms with E-state index in [4.69, 9.17) is 21.1 Å². The zero-order chi connectivity index (χ0) is 40.5. The number of aliphatic hydroxyl groups excluding tert-OH is 1. The molecular formula is C45H46ClN5O6. The number of pyridine rings is 1. The van der Waals surface area contributed by atoms with Crippen LogP contribution in [0.4, 0.5) is 0 Å². The number of rotatable bonds is 17. The van der Waals surface area contributed by atoms with Crippen molar-refractivity contribution in [3.8, 4) is 39.8 Å². The summed E-state index contributed by atoms with van der Waals surface area (Å²) in [5.41, 5.74) is 8.86. The predicted octanol–water partition coefficient (Wildman–Crippen LogP) is 7.01. The number of carbonyl (C=O) groups is 2. The maximum absolute atomic E-state index is 11.8. The molecule has 2 unspecified atom stereocenters. The lowest BCUT2D eigenvalue weighted by Crippen LogP contribution is -2.52. The second-order valence-electron chi connectivity index (χ2n) is 14.5. The van der Waals surface area contributed by atoms with Gasteiger partial charge in [-0.15, -0.1) is 0 Å². The summed E-state index contributed by atoms with van der Waals surface area (Å²) in [4.78, 5) is 27.5. The van der Waals surface area contributed by atoms with Gasteiger partial charge in [-0.05, 0) is 83.8 Å². The molecule has 1 amide bonds. The Kier molecular flexibility index (Phi) is 13.2. The Hall–Kier alpha value is -5.77. The molecule has 0 radical (unpaired) electrons. The first-order valence-electron chi connectivity index (χ1n) is 18.8. The van der Waals surface area contributed by atoms with E-state index in [1.807, 2.05) is 12.1 Å².